The lowest BCUT2D eigenvalue weighted by Crippen LogP contribution is -2.39. The molecule has 0 bridgehead atoms. The van der Waals surface area contributed by atoms with Gasteiger partial charge in [-0.25, -0.2) is 0 Å². The van der Waals surface area contributed by atoms with Gasteiger partial charge in [-0.1, -0.05) is 61.6 Å². The fourth-order valence-electron chi connectivity index (χ4n) is 6.02. The molecule has 240 valence electrons. The number of nitrogens with one attached hydrogen (secondary N) is 1. The molecule has 2 aromatic carbocycles. The van der Waals surface area contributed by atoms with Crippen molar-refractivity contribution in [3.8, 4) is 11.5 Å². The third-order valence-electron chi connectivity index (χ3n) is 8.60. The summed E-state index contributed by atoms with van der Waals surface area (Å²) in [6.45, 7) is 10.4. The average molecular weight is 609 g/mol. The second-order valence-corrected chi connectivity index (χ2v) is 11.5. The van der Waals surface area contributed by atoms with Gasteiger partial charge >= 0.3 is 0 Å². The third-order valence-corrected chi connectivity index (χ3v) is 8.60. The molecular weight excluding hydrogens is 556 g/mol. The van der Waals surface area contributed by atoms with Gasteiger partial charge in [0.1, 0.15) is 0 Å². The number of rotatable bonds is 16. The molecule has 1 atom stereocenters. The van der Waals surface area contributed by atoms with Crippen molar-refractivity contribution in [3.05, 3.63) is 113 Å². The van der Waals surface area contributed by atoms with E-state index in [2.05, 4.69) is 89.4 Å². The second kappa shape index (κ2) is 17.5. The number of benzene rings is 2. The first kappa shape index (κ1) is 33.9. The Labute approximate surface area is 271 Å². The van der Waals surface area contributed by atoms with Crippen LogP contribution < -0.4 is 14.8 Å². The Hall–Kier alpha value is -4.03. The highest BCUT2D eigenvalue weighted by Gasteiger charge is 2.30. The molecule has 45 heavy (non-hydrogen) atoms. The van der Waals surface area contributed by atoms with Crippen LogP contribution in [0.25, 0.3) is 5.70 Å². The minimum Gasteiger partial charge on any atom is -0.493 e. The van der Waals surface area contributed by atoms with E-state index in [4.69, 9.17) is 9.47 Å². The summed E-state index contributed by atoms with van der Waals surface area (Å²) in [5.74, 6) is 1.57. The monoisotopic (exact) mass is 608 g/mol. The summed E-state index contributed by atoms with van der Waals surface area (Å²) in [5.41, 5.74) is 9.40. The number of aliphatic imine (C=N–C) groups is 1. The first-order valence-corrected chi connectivity index (χ1v) is 16.5. The Morgan fingerprint density at radius 3 is 2.27 bits per heavy atom. The molecule has 1 aliphatic carbocycles. The lowest BCUT2D eigenvalue weighted by molar-refractivity contribution is 0.196. The Morgan fingerprint density at radius 1 is 0.933 bits per heavy atom. The Bertz CT molecular complexity index is 1420. The molecule has 0 radical (unpaired) electrons. The molecule has 2 aliphatic rings. The molecule has 0 amide bonds. The molecule has 0 saturated heterocycles. The Morgan fingerprint density at radius 2 is 1.62 bits per heavy atom. The quantitative estimate of drug-likeness (QED) is 0.155. The Kier molecular flexibility index (Phi) is 13.1. The number of hydrogen-bond acceptors (Lipinski definition) is 6. The van der Waals surface area contributed by atoms with E-state index in [0.717, 1.165) is 62.6 Å². The van der Waals surface area contributed by atoms with Crippen LogP contribution in [0.2, 0.25) is 0 Å². The van der Waals surface area contributed by atoms with Gasteiger partial charge in [0.25, 0.3) is 0 Å². The number of ether oxygens (including phenoxy) is 2. The van der Waals surface area contributed by atoms with E-state index in [1.807, 2.05) is 43.8 Å². The zero-order chi connectivity index (χ0) is 32.0. The van der Waals surface area contributed by atoms with Gasteiger partial charge in [0, 0.05) is 63.1 Å². The Balaban J connectivity index is 1.58. The summed E-state index contributed by atoms with van der Waals surface area (Å²) in [6, 6.07) is 13.8. The highest BCUT2D eigenvalue weighted by molar-refractivity contribution is 5.72. The predicted octanol–water partition coefficient (Wildman–Crippen LogP) is 7.90. The second-order valence-electron chi connectivity index (χ2n) is 11.5. The summed E-state index contributed by atoms with van der Waals surface area (Å²) >= 11 is 0. The van der Waals surface area contributed by atoms with Gasteiger partial charge in [-0.2, -0.15) is 0 Å². The summed E-state index contributed by atoms with van der Waals surface area (Å²) in [5, 5.41) is 3.39. The third kappa shape index (κ3) is 9.24. The molecular formula is C39H52N4O2. The van der Waals surface area contributed by atoms with Gasteiger partial charge < -0.3 is 19.7 Å². The maximum atomic E-state index is 5.75. The molecule has 1 fully saturated rings. The zero-order valence-electron chi connectivity index (χ0n) is 28.2. The van der Waals surface area contributed by atoms with Crippen molar-refractivity contribution in [1.29, 1.82) is 0 Å². The minimum atomic E-state index is 0.186. The van der Waals surface area contributed by atoms with Crippen molar-refractivity contribution in [1.82, 2.24) is 15.1 Å². The number of allylic oxidation sites excluding steroid dienone is 7. The van der Waals surface area contributed by atoms with E-state index in [0.29, 0.717) is 0 Å². The summed E-state index contributed by atoms with van der Waals surface area (Å²) in [4.78, 5) is 9.62. The molecule has 4 rings (SSSR count). The van der Waals surface area contributed by atoms with Gasteiger partial charge in [-0.15, -0.1) is 0 Å². The molecule has 1 unspecified atom stereocenters. The summed E-state index contributed by atoms with van der Waals surface area (Å²) in [6.07, 6.45) is 21.3. The van der Waals surface area contributed by atoms with Crippen LogP contribution in [0.4, 0.5) is 0 Å². The predicted molar refractivity (Wildman–Crippen MR) is 190 cm³/mol. The number of fused-ring (bicyclic) bond motifs is 1. The average Bonchev–Trinajstić information content (AvgIpc) is 3.91. The van der Waals surface area contributed by atoms with Crippen LogP contribution >= 0.6 is 0 Å². The number of methoxy groups -OCH3 is 2. The van der Waals surface area contributed by atoms with Crippen molar-refractivity contribution in [2.24, 2.45) is 4.99 Å². The molecule has 1 heterocycles. The van der Waals surface area contributed by atoms with Crippen LogP contribution in [0.15, 0.2) is 95.3 Å². The molecule has 1 N–H and O–H groups in total. The van der Waals surface area contributed by atoms with E-state index >= 15 is 0 Å². The first-order chi connectivity index (χ1) is 22.1. The van der Waals surface area contributed by atoms with Gasteiger partial charge in [0.15, 0.2) is 11.5 Å². The first-order valence-electron chi connectivity index (χ1n) is 16.5. The van der Waals surface area contributed by atoms with E-state index in [1.165, 1.54) is 40.8 Å². The SMILES string of the molecule is CC\C=C/C=C\C=C\C=N\C=C(\CN1CCc2cc(OC)c(OC)cc2C1Cc1ccc(C(=C2CC2)N(CC)CC)cc1)NC. The van der Waals surface area contributed by atoms with E-state index in [1.54, 1.807) is 19.8 Å². The molecule has 0 aromatic heterocycles. The topological polar surface area (TPSA) is 49.3 Å². The van der Waals surface area contributed by atoms with Gasteiger partial charge in [-0.3, -0.25) is 9.89 Å². The molecule has 6 nitrogen and oxygen atoms in total. The van der Waals surface area contributed by atoms with Crippen LogP contribution in [-0.2, 0) is 12.8 Å². The van der Waals surface area contributed by atoms with E-state index in [-0.39, 0.29) is 6.04 Å². The number of nitrogens with zero attached hydrogens (tertiary/aromatic N) is 3. The van der Waals surface area contributed by atoms with Gasteiger partial charge in [-0.05, 0) is 92.0 Å². The van der Waals surface area contributed by atoms with Crippen molar-refractivity contribution >= 4 is 11.9 Å². The van der Waals surface area contributed by atoms with Crippen LogP contribution in [-0.4, -0.2) is 63.5 Å². The lowest BCUT2D eigenvalue weighted by Gasteiger charge is -2.38. The molecule has 0 spiro atoms. The van der Waals surface area contributed by atoms with Gasteiger partial charge in [0.05, 0.1) is 14.2 Å². The van der Waals surface area contributed by atoms with Crippen LogP contribution in [0.1, 0.15) is 68.3 Å². The van der Waals surface area contributed by atoms with E-state index < -0.39 is 0 Å². The van der Waals surface area contributed by atoms with Crippen molar-refractivity contribution in [2.75, 3.05) is 47.4 Å². The molecule has 2 aromatic rings. The standard InChI is InChI=1S/C39H52N4O2/c1-7-10-11-12-13-14-15-23-41-28-34(40-4)29-43-24-22-33-26-37(44-5)38(45-6)27-35(33)36(43)25-30-16-18-31(19-17-30)39(32-20-21-32)42(8-2)9-3/h10-19,23,26-28,36,40H,7-9,20-22,24-25,29H2,1-6H3/b11-10-,13-12-,15-14+,34-28-,41-23+. The summed E-state index contributed by atoms with van der Waals surface area (Å²) < 4.78 is 11.4. The van der Waals surface area contributed by atoms with Crippen molar-refractivity contribution in [3.63, 3.8) is 0 Å². The normalized spacial score (nSPS) is 17.1. The smallest absolute Gasteiger partial charge is 0.161 e. The fraction of sp³-hybridized carbons (Fsp3) is 0.410. The van der Waals surface area contributed by atoms with Crippen LogP contribution in [0.5, 0.6) is 11.5 Å². The highest BCUT2D eigenvalue weighted by Crippen LogP contribution is 2.41. The molecule has 1 saturated carbocycles. The largest absolute Gasteiger partial charge is 0.493 e. The number of hydrogen-bond donors (Lipinski definition) is 1. The van der Waals surface area contributed by atoms with Crippen LogP contribution in [0, 0.1) is 0 Å². The lowest BCUT2D eigenvalue weighted by atomic mass is 9.87. The minimum absolute atomic E-state index is 0.186. The maximum Gasteiger partial charge on any atom is 0.161 e. The highest BCUT2D eigenvalue weighted by atomic mass is 16.5. The zero-order valence-corrected chi connectivity index (χ0v) is 28.2. The molecule has 1 aliphatic heterocycles. The van der Waals surface area contributed by atoms with E-state index in [9.17, 15) is 0 Å². The maximum absolute atomic E-state index is 5.75. The molecule has 6 heteroatoms. The van der Waals surface area contributed by atoms with Gasteiger partial charge in [0.2, 0.25) is 0 Å². The number of likely N-dealkylation sites (N-methyl/N-ethyl adjacent to an activating group) is 1. The fourth-order valence-corrected chi connectivity index (χ4v) is 6.02. The van der Waals surface area contributed by atoms with Crippen molar-refractivity contribution < 1.29 is 9.47 Å². The summed E-state index contributed by atoms with van der Waals surface area (Å²) in [7, 11) is 5.40. The van der Waals surface area contributed by atoms with Crippen LogP contribution in [0.3, 0.4) is 0 Å². The van der Waals surface area contributed by atoms with Crippen molar-refractivity contribution in [2.45, 2.75) is 58.9 Å².